The molecule has 16 heavy (non-hydrogen) atoms. The molecule has 0 spiro atoms. The SMILES string of the molecule is CC1=C(C)C2(C)CC1(C)C1C(=O)NC(=O)C12. The maximum Gasteiger partial charge on any atom is 0.231 e. The lowest BCUT2D eigenvalue weighted by atomic mass is 9.66. The Balaban J connectivity index is 2.25. The van der Waals surface area contributed by atoms with Crippen molar-refractivity contribution in [2.75, 3.05) is 0 Å². The van der Waals surface area contributed by atoms with Gasteiger partial charge < -0.3 is 0 Å². The number of allylic oxidation sites excluding steroid dienone is 2. The number of amides is 2. The van der Waals surface area contributed by atoms with E-state index in [0.717, 1.165) is 6.42 Å². The van der Waals surface area contributed by atoms with Crippen LogP contribution in [0.3, 0.4) is 0 Å². The monoisotopic (exact) mass is 219 g/mol. The number of carbonyl (C=O) groups is 2. The minimum Gasteiger partial charge on any atom is -0.296 e. The Labute approximate surface area is 95.3 Å². The molecule has 4 atom stereocenters. The van der Waals surface area contributed by atoms with Crippen molar-refractivity contribution in [2.24, 2.45) is 22.7 Å². The van der Waals surface area contributed by atoms with Crippen molar-refractivity contribution in [3.05, 3.63) is 11.1 Å². The highest BCUT2D eigenvalue weighted by molar-refractivity contribution is 6.07. The predicted molar refractivity (Wildman–Crippen MR) is 59.3 cm³/mol. The molecule has 3 nitrogen and oxygen atoms in total. The van der Waals surface area contributed by atoms with Crippen molar-refractivity contribution in [3.63, 3.8) is 0 Å². The number of carbonyl (C=O) groups excluding carboxylic acids is 2. The topological polar surface area (TPSA) is 46.2 Å². The second-order valence-electron chi connectivity index (χ2n) is 6.07. The molecular formula is C13H17NO2. The van der Waals surface area contributed by atoms with E-state index in [1.165, 1.54) is 11.1 Å². The number of rotatable bonds is 0. The highest BCUT2D eigenvalue weighted by atomic mass is 16.2. The minimum atomic E-state index is -0.131. The molecule has 0 aromatic heterocycles. The highest BCUT2D eigenvalue weighted by Gasteiger charge is 2.70. The zero-order chi connectivity index (χ0) is 11.9. The quantitative estimate of drug-likeness (QED) is 0.497. The number of imide groups is 1. The predicted octanol–water partition coefficient (Wildman–Crippen LogP) is 1.64. The van der Waals surface area contributed by atoms with Gasteiger partial charge in [0.2, 0.25) is 11.8 Å². The van der Waals surface area contributed by atoms with E-state index in [0.29, 0.717) is 0 Å². The van der Waals surface area contributed by atoms with Gasteiger partial charge in [-0.05, 0) is 20.3 Å². The second-order valence-corrected chi connectivity index (χ2v) is 6.07. The van der Waals surface area contributed by atoms with Gasteiger partial charge in [0.25, 0.3) is 0 Å². The first-order valence-electron chi connectivity index (χ1n) is 5.85. The Kier molecular flexibility index (Phi) is 1.52. The van der Waals surface area contributed by atoms with Crippen molar-refractivity contribution in [1.82, 2.24) is 5.32 Å². The maximum absolute atomic E-state index is 11.9. The summed E-state index contributed by atoms with van der Waals surface area (Å²) >= 11 is 0. The summed E-state index contributed by atoms with van der Waals surface area (Å²) in [6.45, 7) is 8.51. The first kappa shape index (κ1) is 10.1. The largest absolute Gasteiger partial charge is 0.296 e. The van der Waals surface area contributed by atoms with Crippen LogP contribution >= 0.6 is 0 Å². The number of hydrogen-bond donors (Lipinski definition) is 1. The van der Waals surface area contributed by atoms with E-state index in [1.807, 2.05) is 0 Å². The van der Waals surface area contributed by atoms with Gasteiger partial charge in [-0.2, -0.15) is 0 Å². The molecule has 0 aromatic rings. The molecule has 1 saturated heterocycles. The molecule has 1 heterocycles. The van der Waals surface area contributed by atoms with E-state index in [1.54, 1.807) is 0 Å². The highest BCUT2D eigenvalue weighted by Crippen LogP contribution is 2.70. The Hall–Kier alpha value is -1.12. The van der Waals surface area contributed by atoms with Gasteiger partial charge in [0.15, 0.2) is 0 Å². The number of hydrogen-bond acceptors (Lipinski definition) is 2. The summed E-state index contributed by atoms with van der Waals surface area (Å²) in [6, 6.07) is 0. The Morgan fingerprint density at radius 3 is 1.75 bits per heavy atom. The van der Waals surface area contributed by atoms with Crippen LogP contribution in [0.4, 0.5) is 0 Å². The van der Waals surface area contributed by atoms with Gasteiger partial charge >= 0.3 is 0 Å². The molecule has 2 bridgehead atoms. The van der Waals surface area contributed by atoms with Crippen LogP contribution in [0.2, 0.25) is 0 Å². The molecule has 86 valence electrons. The molecule has 0 radical (unpaired) electrons. The molecule has 2 amide bonds. The second kappa shape index (κ2) is 2.41. The molecule has 2 aliphatic carbocycles. The molecule has 1 N–H and O–H groups in total. The van der Waals surface area contributed by atoms with Crippen molar-refractivity contribution in [2.45, 2.75) is 34.1 Å². The Morgan fingerprint density at radius 2 is 1.38 bits per heavy atom. The number of fused-ring (bicyclic) bond motifs is 5. The summed E-state index contributed by atoms with van der Waals surface area (Å²) in [7, 11) is 0. The van der Waals surface area contributed by atoms with Gasteiger partial charge in [-0.25, -0.2) is 0 Å². The van der Waals surface area contributed by atoms with Gasteiger partial charge in [0.05, 0.1) is 11.8 Å². The average Bonchev–Trinajstić information content (AvgIpc) is 2.68. The molecule has 0 aromatic carbocycles. The van der Waals surface area contributed by atoms with E-state index >= 15 is 0 Å². The summed E-state index contributed by atoms with van der Waals surface area (Å²) in [5, 5.41) is 2.51. The third-order valence-corrected chi connectivity index (χ3v) is 5.53. The van der Waals surface area contributed by atoms with Crippen molar-refractivity contribution < 1.29 is 9.59 Å². The van der Waals surface area contributed by atoms with Gasteiger partial charge in [-0.3, -0.25) is 14.9 Å². The zero-order valence-corrected chi connectivity index (χ0v) is 10.2. The summed E-state index contributed by atoms with van der Waals surface area (Å²) in [5.74, 6) is -0.386. The number of nitrogens with one attached hydrogen (secondary N) is 1. The van der Waals surface area contributed by atoms with Crippen LogP contribution in [0, 0.1) is 22.7 Å². The van der Waals surface area contributed by atoms with E-state index in [9.17, 15) is 9.59 Å². The van der Waals surface area contributed by atoms with Crippen LogP contribution in [0.15, 0.2) is 11.1 Å². The Morgan fingerprint density at radius 1 is 1.00 bits per heavy atom. The van der Waals surface area contributed by atoms with Gasteiger partial charge in [-0.15, -0.1) is 0 Å². The van der Waals surface area contributed by atoms with Crippen LogP contribution in [-0.2, 0) is 9.59 Å². The first-order valence-corrected chi connectivity index (χ1v) is 5.85. The van der Waals surface area contributed by atoms with Crippen molar-refractivity contribution >= 4 is 11.8 Å². The Bertz CT molecular complexity index is 425. The van der Waals surface area contributed by atoms with Crippen molar-refractivity contribution in [3.8, 4) is 0 Å². The third-order valence-electron chi connectivity index (χ3n) is 5.53. The summed E-state index contributed by atoms with van der Waals surface area (Å²) < 4.78 is 0. The normalized spacial score (nSPS) is 50.0. The van der Waals surface area contributed by atoms with Crippen LogP contribution in [0.25, 0.3) is 0 Å². The lowest BCUT2D eigenvalue weighted by Gasteiger charge is -2.34. The van der Waals surface area contributed by atoms with Crippen LogP contribution in [-0.4, -0.2) is 11.8 Å². The van der Waals surface area contributed by atoms with E-state index in [4.69, 9.17) is 0 Å². The maximum atomic E-state index is 11.9. The summed E-state index contributed by atoms with van der Waals surface area (Å²) in [5.41, 5.74) is 2.45. The van der Waals surface area contributed by atoms with Crippen molar-refractivity contribution in [1.29, 1.82) is 0 Å². The van der Waals surface area contributed by atoms with Gasteiger partial charge in [0.1, 0.15) is 0 Å². The molecule has 3 aliphatic rings. The minimum absolute atomic E-state index is 0.0620. The molecule has 1 saturated carbocycles. The molecular weight excluding hydrogens is 202 g/mol. The molecule has 1 aliphatic heterocycles. The molecule has 3 rings (SSSR count). The molecule has 3 heteroatoms. The average molecular weight is 219 g/mol. The fourth-order valence-corrected chi connectivity index (χ4v) is 4.47. The van der Waals surface area contributed by atoms with Gasteiger partial charge in [0, 0.05) is 10.8 Å². The first-order chi connectivity index (χ1) is 7.32. The fraction of sp³-hybridized carbons (Fsp3) is 0.692. The third kappa shape index (κ3) is 0.761. The summed E-state index contributed by atoms with van der Waals surface area (Å²) in [4.78, 5) is 23.8. The van der Waals surface area contributed by atoms with Crippen LogP contribution in [0.5, 0.6) is 0 Å². The van der Waals surface area contributed by atoms with Crippen LogP contribution in [0.1, 0.15) is 34.1 Å². The fourth-order valence-electron chi connectivity index (χ4n) is 4.47. The smallest absolute Gasteiger partial charge is 0.231 e. The van der Waals surface area contributed by atoms with E-state index in [-0.39, 0.29) is 34.5 Å². The van der Waals surface area contributed by atoms with Crippen LogP contribution < -0.4 is 5.32 Å². The van der Waals surface area contributed by atoms with Gasteiger partial charge in [-0.1, -0.05) is 25.0 Å². The lowest BCUT2D eigenvalue weighted by Crippen LogP contribution is -2.35. The van der Waals surface area contributed by atoms with E-state index < -0.39 is 0 Å². The standard InChI is InChI=1S/C13H17NO2/c1-6-7(2)13(4)5-12(6,3)8-9(13)11(16)14-10(8)15/h8-9H,5H2,1-4H3,(H,14,15,16). The zero-order valence-electron chi connectivity index (χ0n) is 10.2. The molecule has 4 unspecified atom stereocenters. The summed E-state index contributed by atoms with van der Waals surface area (Å²) in [6.07, 6.45) is 0.951. The van der Waals surface area contributed by atoms with E-state index in [2.05, 4.69) is 33.0 Å². The molecule has 2 fully saturated rings. The lowest BCUT2D eigenvalue weighted by molar-refractivity contribution is -0.127.